The van der Waals surface area contributed by atoms with E-state index in [0.717, 1.165) is 0 Å². The summed E-state index contributed by atoms with van der Waals surface area (Å²) in [4.78, 5) is 0. The maximum absolute atomic E-state index is 9.08. The highest BCUT2D eigenvalue weighted by Gasteiger charge is 2.37. The number of hydrogen-bond acceptors (Lipinski definition) is 5. The Labute approximate surface area is 63.8 Å². The lowest BCUT2D eigenvalue weighted by Crippen LogP contribution is -2.52. The van der Waals surface area contributed by atoms with Crippen LogP contribution in [0.5, 0.6) is 0 Å². The number of aliphatic hydroxyl groups excluding tert-OH is 4. The molecule has 1 fully saturated rings. The summed E-state index contributed by atoms with van der Waals surface area (Å²) in [6.45, 7) is 0.569. The van der Waals surface area contributed by atoms with Gasteiger partial charge in [0.1, 0.15) is 31.0 Å². The topological polar surface area (TPSA) is 90.2 Å². The van der Waals surface area contributed by atoms with E-state index in [1.165, 1.54) is 0 Å². The molecule has 0 aromatic heterocycles. The third-order valence-corrected chi connectivity index (χ3v) is 1.69. The van der Waals surface area contributed by atoms with Crippen molar-refractivity contribution in [3.63, 3.8) is 0 Å². The van der Waals surface area contributed by atoms with Gasteiger partial charge in [0.2, 0.25) is 0 Å². The monoisotopic (exact) mass is 163 g/mol. The van der Waals surface area contributed by atoms with Gasteiger partial charge in [-0.25, -0.2) is 0 Å². The van der Waals surface area contributed by atoms with E-state index in [2.05, 4.69) is 0 Å². The summed E-state index contributed by atoms with van der Waals surface area (Å²) in [6, 6.07) is 0. The lowest BCUT2D eigenvalue weighted by Gasteiger charge is -2.33. The first kappa shape index (κ1) is 8.89. The van der Waals surface area contributed by atoms with Crippen molar-refractivity contribution in [3.05, 3.63) is 6.61 Å². The zero-order valence-electron chi connectivity index (χ0n) is 5.79. The first-order chi connectivity index (χ1) is 5.16. The molecule has 1 radical (unpaired) electrons. The zero-order chi connectivity index (χ0) is 8.43. The summed E-state index contributed by atoms with van der Waals surface area (Å²) < 4.78 is 4.76. The Morgan fingerprint density at radius 1 is 1.18 bits per heavy atom. The smallest absolute Gasteiger partial charge is 0.115 e. The largest absolute Gasteiger partial charge is 0.388 e. The molecule has 0 aromatic rings. The minimum absolute atomic E-state index is 0.0834. The van der Waals surface area contributed by atoms with Crippen LogP contribution in [0, 0.1) is 6.61 Å². The van der Waals surface area contributed by atoms with Gasteiger partial charge in [-0.15, -0.1) is 0 Å². The van der Waals surface area contributed by atoms with E-state index < -0.39 is 24.4 Å². The number of hydrogen-bond donors (Lipinski definition) is 4. The summed E-state index contributed by atoms with van der Waals surface area (Å²) in [5.41, 5.74) is 0. The van der Waals surface area contributed by atoms with Gasteiger partial charge in [-0.1, -0.05) is 0 Å². The second-order valence-corrected chi connectivity index (χ2v) is 2.50. The summed E-state index contributed by atoms with van der Waals surface area (Å²) in [7, 11) is 0. The molecule has 0 spiro atoms. The van der Waals surface area contributed by atoms with Crippen LogP contribution in [0.1, 0.15) is 0 Å². The van der Waals surface area contributed by atoms with Crippen LogP contribution in [-0.2, 0) is 4.74 Å². The van der Waals surface area contributed by atoms with Crippen molar-refractivity contribution >= 4 is 0 Å². The quantitative estimate of drug-likeness (QED) is 0.359. The molecule has 1 saturated heterocycles. The molecule has 1 unspecified atom stereocenters. The van der Waals surface area contributed by atoms with Crippen molar-refractivity contribution in [1.82, 2.24) is 0 Å². The highest BCUT2D eigenvalue weighted by Crippen LogP contribution is 2.16. The Morgan fingerprint density at radius 2 is 1.82 bits per heavy atom. The molecule has 0 aromatic carbocycles. The van der Waals surface area contributed by atoms with E-state index in [4.69, 9.17) is 25.2 Å². The Hall–Kier alpha value is -0.200. The number of rotatable bonds is 1. The Bertz CT molecular complexity index is 126. The molecule has 0 saturated carbocycles. The number of aliphatic hydroxyl groups is 4. The van der Waals surface area contributed by atoms with Crippen LogP contribution in [0.4, 0.5) is 0 Å². The average molecular weight is 163 g/mol. The molecule has 0 amide bonds. The molecule has 0 aliphatic carbocycles. The summed E-state index contributed by atoms with van der Waals surface area (Å²) in [6.07, 6.45) is -4.50. The van der Waals surface area contributed by atoms with Crippen LogP contribution in [0.3, 0.4) is 0 Å². The van der Waals surface area contributed by atoms with Gasteiger partial charge in [0.05, 0.1) is 6.61 Å². The van der Waals surface area contributed by atoms with E-state index >= 15 is 0 Å². The fourth-order valence-electron chi connectivity index (χ4n) is 0.960. The van der Waals surface area contributed by atoms with Crippen molar-refractivity contribution in [2.24, 2.45) is 0 Å². The molecule has 1 aliphatic rings. The molecule has 0 bridgehead atoms. The van der Waals surface area contributed by atoms with Crippen LogP contribution in [0.25, 0.3) is 0 Å². The van der Waals surface area contributed by atoms with E-state index in [1.807, 2.05) is 0 Å². The van der Waals surface area contributed by atoms with Gasteiger partial charge in [-0.2, -0.15) is 0 Å². The SMILES string of the molecule is O[CH]C1OC[C@@H](O)[C@H](O)[C@@H]1O. The van der Waals surface area contributed by atoms with Crippen LogP contribution in [-0.4, -0.2) is 51.4 Å². The number of ether oxygens (including phenoxy) is 1. The first-order valence-corrected chi connectivity index (χ1v) is 3.30. The van der Waals surface area contributed by atoms with Crippen LogP contribution in [0.2, 0.25) is 0 Å². The van der Waals surface area contributed by atoms with Crippen molar-refractivity contribution in [1.29, 1.82) is 0 Å². The third-order valence-electron chi connectivity index (χ3n) is 1.69. The van der Waals surface area contributed by atoms with Gasteiger partial charge in [-0.3, -0.25) is 0 Å². The summed E-state index contributed by atoms with van der Waals surface area (Å²) in [5.74, 6) is 0. The third kappa shape index (κ3) is 1.69. The van der Waals surface area contributed by atoms with Gasteiger partial charge >= 0.3 is 0 Å². The Balaban J connectivity index is 2.52. The summed E-state index contributed by atoms with van der Waals surface area (Å²) >= 11 is 0. The molecule has 4 N–H and O–H groups in total. The molecule has 4 atom stereocenters. The fraction of sp³-hybridized carbons (Fsp3) is 0.833. The predicted octanol–water partition coefficient (Wildman–Crippen LogP) is -2.00. The van der Waals surface area contributed by atoms with E-state index in [-0.39, 0.29) is 6.61 Å². The second-order valence-electron chi connectivity index (χ2n) is 2.50. The first-order valence-electron chi connectivity index (χ1n) is 3.30. The van der Waals surface area contributed by atoms with Gasteiger partial charge in [0.25, 0.3) is 0 Å². The minimum atomic E-state index is -1.26. The molecule has 1 aliphatic heterocycles. The molecule has 11 heavy (non-hydrogen) atoms. The molecular weight excluding hydrogens is 152 g/mol. The van der Waals surface area contributed by atoms with Gasteiger partial charge < -0.3 is 25.2 Å². The maximum Gasteiger partial charge on any atom is 0.115 e. The average Bonchev–Trinajstić information content (AvgIpc) is 2.01. The molecular formula is C6H11O5. The molecule has 65 valence electrons. The van der Waals surface area contributed by atoms with E-state index in [9.17, 15) is 0 Å². The molecule has 1 rings (SSSR count). The lowest BCUT2D eigenvalue weighted by atomic mass is 10.0. The van der Waals surface area contributed by atoms with Gasteiger partial charge in [-0.05, 0) is 0 Å². The van der Waals surface area contributed by atoms with Crippen LogP contribution < -0.4 is 0 Å². The molecule has 5 nitrogen and oxygen atoms in total. The van der Waals surface area contributed by atoms with Crippen molar-refractivity contribution < 1.29 is 25.2 Å². The van der Waals surface area contributed by atoms with Gasteiger partial charge in [0, 0.05) is 0 Å². The standard InChI is InChI=1S/C6H11O5/c7-1-4-6(10)5(9)3(8)2-11-4/h1,3-10H,2H2/t3-,4?,5+,6-/m1/s1. The van der Waals surface area contributed by atoms with E-state index in [1.54, 1.807) is 0 Å². The summed E-state index contributed by atoms with van der Waals surface area (Å²) in [5, 5.41) is 35.5. The van der Waals surface area contributed by atoms with E-state index in [0.29, 0.717) is 6.61 Å². The van der Waals surface area contributed by atoms with Gasteiger partial charge in [0.15, 0.2) is 0 Å². The molecule has 5 heteroatoms. The lowest BCUT2D eigenvalue weighted by molar-refractivity contribution is -0.185. The second kappa shape index (κ2) is 3.46. The highest BCUT2D eigenvalue weighted by atomic mass is 16.5. The van der Waals surface area contributed by atoms with Crippen molar-refractivity contribution in [2.75, 3.05) is 6.61 Å². The predicted molar refractivity (Wildman–Crippen MR) is 34.0 cm³/mol. The fourth-order valence-corrected chi connectivity index (χ4v) is 0.960. The molecule has 1 heterocycles. The van der Waals surface area contributed by atoms with Crippen molar-refractivity contribution in [3.8, 4) is 0 Å². The zero-order valence-corrected chi connectivity index (χ0v) is 5.79. The Morgan fingerprint density at radius 3 is 2.36 bits per heavy atom. The van der Waals surface area contributed by atoms with Crippen molar-refractivity contribution in [2.45, 2.75) is 24.4 Å². The maximum atomic E-state index is 9.08. The Kier molecular flexibility index (Phi) is 2.80. The minimum Gasteiger partial charge on any atom is -0.388 e. The normalized spacial score (nSPS) is 45.8. The highest BCUT2D eigenvalue weighted by molar-refractivity contribution is 4.89. The van der Waals surface area contributed by atoms with Crippen LogP contribution in [0.15, 0.2) is 0 Å². The van der Waals surface area contributed by atoms with Crippen LogP contribution >= 0.6 is 0 Å².